The predicted octanol–water partition coefficient (Wildman–Crippen LogP) is 4.97. The fourth-order valence-electron chi connectivity index (χ4n) is 4.41. The van der Waals surface area contributed by atoms with Crippen molar-refractivity contribution >= 4 is 44.1 Å². The largest absolute Gasteiger partial charge is 0.368 e. The van der Waals surface area contributed by atoms with Gasteiger partial charge in [-0.25, -0.2) is 0 Å². The molecule has 0 saturated carbocycles. The summed E-state index contributed by atoms with van der Waals surface area (Å²) in [5.41, 5.74) is 7.28. The van der Waals surface area contributed by atoms with E-state index in [1.54, 1.807) is 6.07 Å². The number of carbonyl (C=O) groups excluding carboxylic acids is 2. The lowest BCUT2D eigenvalue weighted by Gasteiger charge is -2.19. The Morgan fingerprint density at radius 2 is 1.22 bits per heavy atom. The maximum absolute atomic E-state index is 13.2. The van der Waals surface area contributed by atoms with Crippen molar-refractivity contribution in [1.29, 1.82) is 0 Å². The summed E-state index contributed by atoms with van der Waals surface area (Å²) in [6, 6.07) is 30.7. The van der Waals surface area contributed by atoms with Crippen LogP contribution in [0.5, 0.6) is 0 Å². The molecule has 2 amide bonds. The van der Waals surface area contributed by atoms with Crippen molar-refractivity contribution in [3.8, 4) is 0 Å². The van der Waals surface area contributed by atoms with Gasteiger partial charge >= 0.3 is 0 Å². The van der Waals surface area contributed by atoms with Gasteiger partial charge in [-0.2, -0.15) is 0 Å². The van der Waals surface area contributed by atoms with Gasteiger partial charge in [0.15, 0.2) is 0 Å². The van der Waals surface area contributed by atoms with Gasteiger partial charge in [-0.15, -0.1) is 0 Å². The highest BCUT2D eigenvalue weighted by Crippen LogP contribution is 2.29. The van der Waals surface area contributed by atoms with Crippen molar-refractivity contribution in [2.45, 2.75) is 12.5 Å². The third kappa shape index (κ3) is 3.56. The summed E-state index contributed by atoms with van der Waals surface area (Å²) in [6.07, 6.45) is 0.313. The molecule has 0 spiro atoms. The predicted molar refractivity (Wildman–Crippen MR) is 130 cm³/mol. The highest BCUT2D eigenvalue weighted by atomic mass is 16.2. The van der Waals surface area contributed by atoms with E-state index in [1.807, 2.05) is 72.8 Å². The van der Waals surface area contributed by atoms with Gasteiger partial charge in [0.2, 0.25) is 5.91 Å². The molecule has 0 aliphatic carbocycles. The molecule has 5 rings (SSSR count). The Morgan fingerprint density at radius 3 is 1.84 bits per heavy atom. The molecule has 4 heteroatoms. The molecule has 1 atom stereocenters. The Kier molecular flexibility index (Phi) is 5.04. The van der Waals surface area contributed by atoms with E-state index in [1.165, 1.54) is 0 Å². The minimum atomic E-state index is -0.837. The average molecular weight is 418 g/mol. The van der Waals surface area contributed by atoms with Gasteiger partial charge in [0, 0.05) is 12.0 Å². The highest BCUT2D eigenvalue weighted by Gasteiger charge is 2.22. The molecule has 4 nitrogen and oxygen atoms in total. The molecular weight excluding hydrogens is 396 g/mol. The molecule has 0 aliphatic heterocycles. The zero-order chi connectivity index (χ0) is 22.1. The minimum Gasteiger partial charge on any atom is -0.368 e. The van der Waals surface area contributed by atoms with Crippen molar-refractivity contribution in [2.24, 2.45) is 5.73 Å². The second-order valence-corrected chi connectivity index (χ2v) is 7.96. The SMILES string of the molecule is NC(=O)[C@H](Cc1c2ccccc2cc2ccccc12)NC(=O)c1cccc2ccccc12. The molecule has 0 fully saturated rings. The summed E-state index contributed by atoms with van der Waals surface area (Å²) in [4.78, 5) is 25.6. The first-order chi connectivity index (χ1) is 15.6. The van der Waals surface area contributed by atoms with Gasteiger partial charge in [0.1, 0.15) is 6.04 Å². The Bertz CT molecular complexity index is 1430. The second kappa shape index (κ2) is 8.16. The van der Waals surface area contributed by atoms with E-state index in [9.17, 15) is 9.59 Å². The molecule has 5 aromatic rings. The number of hydrogen-bond donors (Lipinski definition) is 2. The molecular formula is C28H22N2O2. The monoisotopic (exact) mass is 418 g/mol. The number of nitrogens with one attached hydrogen (secondary N) is 1. The first-order valence-electron chi connectivity index (χ1n) is 10.6. The van der Waals surface area contributed by atoms with E-state index in [4.69, 9.17) is 5.73 Å². The van der Waals surface area contributed by atoms with Gasteiger partial charge in [-0.05, 0) is 50.0 Å². The van der Waals surface area contributed by atoms with Gasteiger partial charge in [0.05, 0.1) is 0 Å². The van der Waals surface area contributed by atoms with Crippen LogP contribution in [-0.4, -0.2) is 17.9 Å². The van der Waals surface area contributed by atoms with Crippen LogP contribution in [0.1, 0.15) is 15.9 Å². The van der Waals surface area contributed by atoms with Crippen molar-refractivity contribution in [3.63, 3.8) is 0 Å². The Morgan fingerprint density at radius 1 is 0.688 bits per heavy atom. The smallest absolute Gasteiger partial charge is 0.252 e. The van der Waals surface area contributed by atoms with Crippen molar-refractivity contribution in [2.75, 3.05) is 0 Å². The number of nitrogens with two attached hydrogens (primary N) is 1. The third-order valence-corrected chi connectivity index (χ3v) is 5.97. The Hall–Kier alpha value is -4.18. The van der Waals surface area contributed by atoms with Crippen LogP contribution >= 0.6 is 0 Å². The van der Waals surface area contributed by atoms with Gasteiger partial charge in [-0.3, -0.25) is 9.59 Å². The normalized spacial score (nSPS) is 12.1. The van der Waals surface area contributed by atoms with Gasteiger partial charge < -0.3 is 11.1 Å². The van der Waals surface area contributed by atoms with E-state index in [0.717, 1.165) is 37.9 Å². The molecule has 0 saturated heterocycles. The fourth-order valence-corrected chi connectivity index (χ4v) is 4.41. The minimum absolute atomic E-state index is 0.310. The summed E-state index contributed by atoms with van der Waals surface area (Å²) in [7, 11) is 0. The molecule has 156 valence electrons. The zero-order valence-corrected chi connectivity index (χ0v) is 17.4. The molecule has 0 aromatic heterocycles. The van der Waals surface area contributed by atoms with Crippen LogP contribution < -0.4 is 11.1 Å². The van der Waals surface area contributed by atoms with Crippen LogP contribution in [-0.2, 0) is 11.2 Å². The maximum Gasteiger partial charge on any atom is 0.252 e. The quantitative estimate of drug-likeness (QED) is 0.396. The van der Waals surface area contributed by atoms with Gasteiger partial charge in [0.25, 0.3) is 5.91 Å². The van der Waals surface area contributed by atoms with Crippen molar-refractivity contribution < 1.29 is 9.59 Å². The molecule has 3 N–H and O–H groups in total. The number of rotatable bonds is 5. The van der Waals surface area contributed by atoms with Crippen LogP contribution in [0.15, 0.2) is 97.1 Å². The summed E-state index contributed by atoms with van der Waals surface area (Å²) in [5, 5.41) is 8.98. The molecule has 0 aliphatic rings. The van der Waals surface area contributed by atoms with E-state index in [-0.39, 0.29) is 5.91 Å². The third-order valence-electron chi connectivity index (χ3n) is 5.97. The van der Waals surface area contributed by atoms with E-state index in [0.29, 0.717) is 12.0 Å². The van der Waals surface area contributed by atoms with E-state index < -0.39 is 11.9 Å². The zero-order valence-electron chi connectivity index (χ0n) is 17.4. The summed E-state index contributed by atoms with van der Waals surface area (Å²) < 4.78 is 0. The van der Waals surface area contributed by atoms with Crippen LogP contribution in [0, 0.1) is 0 Å². The molecule has 0 unspecified atom stereocenters. The number of hydrogen-bond acceptors (Lipinski definition) is 2. The summed E-state index contributed by atoms with van der Waals surface area (Å²) in [5.74, 6) is -0.870. The Balaban J connectivity index is 1.55. The number of benzene rings is 5. The van der Waals surface area contributed by atoms with Crippen LogP contribution in [0.25, 0.3) is 32.3 Å². The Labute approximate surface area is 185 Å². The van der Waals surface area contributed by atoms with Crippen molar-refractivity contribution in [3.05, 3.63) is 108 Å². The molecule has 0 bridgehead atoms. The van der Waals surface area contributed by atoms with E-state index >= 15 is 0 Å². The lowest BCUT2D eigenvalue weighted by molar-refractivity contribution is -0.119. The molecule has 5 aromatic carbocycles. The number of amides is 2. The summed E-state index contributed by atoms with van der Waals surface area (Å²) >= 11 is 0. The van der Waals surface area contributed by atoms with E-state index in [2.05, 4.69) is 23.5 Å². The van der Waals surface area contributed by atoms with Crippen LogP contribution in [0.3, 0.4) is 0 Å². The molecule has 0 heterocycles. The molecule has 32 heavy (non-hydrogen) atoms. The van der Waals surface area contributed by atoms with Gasteiger partial charge in [-0.1, -0.05) is 84.9 Å². The average Bonchev–Trinajstić information content (AvgIpc) is 2.82. The van der Waals surface area contributed by atoms with Crippen molar-refractivity contribution in [1.82, 2.24) is 5.32 Å². The number of fused-ring (bicyclic) bond motifs is 3. The van der Waals surface area contributed by atoms with Crippen LogP contribution in [0.4, 0.5) is 0 Å². The highest BCUT2D eigenvalue weighted by molar-refractivity contribution is 6.08. The standard InChI is InChI=1S/C28H22N2O2/c29-27(31)26(30-28(32)24-15-7-11-18-8-1-4-12-21(18)24)17-25-22-13-5-2-9-19(22)16-20-10-3-6-14-23(20)25/h1-16,26H,17H2,(H2,29,31)(H,30,32)/t26-/m0/s1. The lowest BCUT2D eigenvalue weighted by Crippen LogP contribution is -2.46. The maximum atomic E-state index is 13.2. The molecule has 0 radical (unpaired) electrons. The first kappa shape index (κ1) is 19.8. The second-order valence-electron chi connectivity index (χ2n) is 7.96. The van der Waals surface area contributed by atoms with Crippen LogP contribution in [0.2, 0.25) is 0 Å². The summed E-state index contributed by atoms with van der Waals surface area (Å²) in [6.45, 7) is 0. The fraction of sp³-hybridized carbons (Fsp3) is 0.0714. The topological polar surface area (TPSA) is 72.2 Å². The number of carbonyl (C=O) groups is 2. The first-order valence-corrected chi connectivity index (χ1v) is 10.6. The number of primary amides is 1. The lowest BCUT2D eigenvalue weighted by atomic mass is 9.92.